The van der Waals surface area contributed by atoms with Crippen LogP contribution in [0.2, 0.25) is 0 Å². The summed E-state index contributed by atoms with van der Waals surface area (Å²) in [7, 11) is 0. The quantitative estimate of drug-likeness (QED) is 0.761. The van der Waals surface area contributed by atoms with Crippen LogP contribution >= 0.6 is 0 Å². The number of rotatable bonds is 5. The third-order valence-electron chi connectivity index (χ3n) is 4.67. The van der Waals surface area contributed by atoms with Crippen LogP contribution in [0.5, 0.6) is 0 Å². The normalized spacial score (nSPS) is 18.2. The molecule has 1 aliphatic heterocycles. The van der Waals surface area contributed by atoms with Gasteiger partial charge in [0.05, 0.1) is 23.7 Å². The van der Waals surface area contributed by atoms with Gasteiger partial charge in [-0.3, -0.25) is 9.48 Å². The molecule has 136 valence electrons. The van der Waals surface area contributed by atoms with Crippen molar-refractivity contribution in [2.24, 2.45) is 0 Å². The van der Waals surface area contributed by atoms with Crippen LogP contribution in [0.4, 0.5) is 0 Å². The zero-order chi connectivity index (χ0) is 17.8. The number of aryl methyl sites for hydroxylation is 1. The van der Waals surface area contributed by atoms with Crippen molar-refractivity contribution in [3.63, 3.8) is 0 Å². The topological polar surface area (TPSA) is 76.0 Å². The van der Waals surface area contributed by atoms with Crippen molar-refractivity contribution < 1.29 is 9.53 Å². The van der Waals surface area contributed by atoms with Crippen LogP contribution in [0, 0.1) is 0 Å². The lowest BCUT2D eigenvalue weighted by Gasteiger charge is -2.24. The second-order valence-corrected chi connectivity index (χ2v) is 6.61. The molecule has 1 atom stereocenters. The van der Waals surface area contributed by atoms with Crippen molar-refractivity contribution in [3.8, 4) is 0 Å². The maximum absolute atomic E-state index is 12.7. The predicted molar refractivity (Wildman–Crippen MR) is 97.6 cm³/mol. The number of benzene rings is 1. The minimum absolute atomic E-state index is 0.0208. The zero-order valence-electron chi connectivity index (χ0n) is 14.7. The summed E-state index contributed by atoms with van der Waals surface area (Å²) in [5, 5.41) is 4.23. The summed E-state index contributed by atoms with van der Waals surface area (Å²) in [6.45, 7) is 2.70. The highest BCUT2D eigenvalue weighted by atomic mass is 16.5. The average molecular weight is 353 g/mol. The number of nitrogens with one attached hydrogen (secondary N) is 1. The first kappa shape index (κ1) is 16.8. The first-order valence-corrected chi connectivity index (χ1v) is 9.08. The second kappa shape index (κ2) is 7.70. The fourth-order valence-electron chi connectivity index (χ4n) is 3.36. The fraction of sp³-hybridized carbons (Fsp3) is 0.421. The summed E-state index contributed by atoms with van der Waals surface area (Å²) in [4.78, 5) is 22.5. The number of hydrogen-bond acceptors (Lipinski definition) is 4. The summed E-state index contributed by atoms with van der Waals surface area (Å²) in [6.07, 6.45) is 5.59. The van der Waals surface area contributed by atoms with Crippen LogP contribution in [0.25, 0.3) is 11.0 Å². The number of H-pyrrole nitrogens is 1. The highest BCUT2D eigenvalue weighted by molar-refractivity contribution is 5.77. The van der Waals surface area contributed by atoms with Gasteiger partial charge < -0.3 is 14.6 Å². The molecule has 7 nitrogen and oxygen atoms in total. The minimum Gasteiger partial charge on any atom is -0.374 e. The summed E-state index contributed by atoms with van der Waals surface area (Å²) in [6, 6.07) is 9.82. The maximum Gasteiger partial charge on any atom is 0.223 e. The van der Waals surface area contributed by atoms with Crippen molar-refractivity contribution in [3.05, 3.63) is 48.5 Å². The van der Waals surface area contributed by atoms with Gasteiger partial charge in [-0.05, 0) is 24.6 Å². The number of hydrogen-bond donors (Lipinski definition) is 1. The van der Waals surface area contributed by atoms with Crippen molar-refractivity contribution in [2.75, 3.05) is 19.7 Å². The van der Waals surface area contributed by atoms with Gasteiger partial charge in [0.1, 0.15) is 5.82 Å². The van der Waals surface area contributed by atoms with E-state index in [1.807, 2.05) is 46.1 Å². The van der Waals surface area contributed by atoms with Crippen molar-refractivity contribution >= 4 is 16.9 Å². The van der Waals surface area contributed by atoms with E-state index < -0.39 is 0 Å². The lowest BCUT2D eigenvalue weighted by molar-refractivity contribution is -0.132. The largest absolute Gasteiger partial charge is 0.374 e. The first-order valence-electron chi connectivity index (χ1n) is 9.08. The van der Waals surface area contributed by atoms with E-state index >= 15 is 0 Å². The Morgan fingerprint density at radius 2 is 2.23 bits per heavy atom. The molecular formula is C19H23N5O2. The molecule has 3 aromatic rings. The van der Waals surface area contributed by atoms with E-state index in [-0.39, 0.29) is 12.0 Å². The van der Waals surface area contributed by atoms with Crippen LogP contribution in [0.1, 0.15) is 18.7 Å². The minimum atomic E-state index is -0.0208. The van der Waals surface area contributed by atoms with Gasteiger partial charge in [0.25, 0.3) is 0 Å². The van der Waals surface area contributed by atoms with Crippen molar-refractivity contribution in [1.82, 2.24) is 24.6 Å². The molecule has 1 aliphatic rings. The smallest absolute Gasteiger partial charge is 0.223 e. The number of nitrogens with zero attached hydrogens (tertiary/aromatic N) is 4. The Morgan fingerprint density at radius 1 is 1.31 bits per heavy atom. The molecule has 1 saturated heterocycles. The summed E-state index contributed by atoms with van der Waals surface area (Å²) in [5.74, 6) is 1.01. The molecule has 0 unspecified atom stereocenters. The Labute approximate surface area is 152 Å². The first-order chi connectivity index (χ1) is 12.8. The van der Waals surface area contributed by atoms with Gasteiger partial charge in [-0.15, -0.1) is 0 Å². The average Bonchev–Trinajstić information content (AvgIpc) is 3.24. The second-order valence-electron chi connectivity index (χ2n) is 6.61. The molecule has 4 rings (SSSR count). The van der Waals surface area contributed by atoms with Crippen LogP contribution < -0.4 is 0 Å². The van der Waals surface area contributed by atoms with E-state index in [0.717, 1.165) is 29.8 Å². The standard InChI is InChI=1S/C19H23N5O2/c25-19(8-7-18-21-16-5-1-2-6-17(16)22-18)23-10-4-12-26-15(13-23)14-24-11-3-9-20-24/h1-3,5-6,9,11,15H,4,7-8,10,12-14H2,(H,21,22)/t15-/m1/s1. The Hall–Kier alpha value is -2.67. The molecule has 3 heterocycles. The van der Waals surface area contributed by atoms with Crippen LogP contribution in [-0.4, -0.2) is 56.4 Å². The number of para-hydroxylation sites is 2. The summed E-state index contributed by atoms with van der Waals surface area (Å²) < 4.78 is 7.74. The van der Waals surface area contributed by atoms with Crippen molar-refractivity contribution in [1.29, 1.82) is 0 Å². The van der Waals surface area contributed by atoms with Gasteiger partial charge in [-0.25, -0.2) is 4.98 Å². The van der Waals surface area contributed by atoms with E-state index in [0.29, 0.717) is 32.5 Å². The van der Waals surface area contributed by atoms with E-state index in [4.69, 9.17) is 4.74 Å². The molecule has 0 bridgehead atoms. The number of fused-ring (bicyclic) bond motifs is 1. The highest BCUT2D eigenvalue weighted by Gasteiger charge is 2.23. The lowest BCUT2D eigenvalue weighted by atomic mass is 10.2. The van der Waals surface area contributed by atoms with Crippen LogP contribution in [-0.2, 0) is 22.5 Å². The Balaban J connectivity index is 1.35. The molecule has 2 aromatic heterocycles. The van der Waals surface area contributed by atoms with Gasteiger partial charge >= 0.3 is 0 Å². The Morgan fingerprint density at radius 3 is 3.08 bits per heavy atom. The molecule has 0 saturated carbocycles. The number of amides is 1. The molecule has 1 fully saturated rings. The third-order valence-corrected chi connectivity index (χ3v) is 4.67. The molecule has 0 spiro atoms. The molecule has 1 N–H and O–H groups in total. The lowest BCUT2D eigenvalue weighted by Crippen LogP contribution is -2.38. The zero-order valence-corrected chi connectivity index (χ0v) is 14.7. The maximum atomic E-state index is 12.7. The van der Waals surface area contributed by atoms with E-state index in [9.17, 15) is 4.79 Å². The molecule has 1 amide bonds. The summed E-state index contributed by atoms with van der Waals surface area (Å²) in [5.41, 5.74) is 1.95. The molecule has 7 heteroatoms. The monoisotopic (exact) mass is 353 g/mol. The van der Waals surface area contributed by atoms with Gasteiger partial charge in [0.15, 0.2) is 0 Å². The number of carbonyl (C=O) groups is 1. The van der Waals surface area contributed by atoms with E-state index in [1.165, 1.54) is 0 Å². The number of carbonyl (C=O) groups excluding carboxylic acids is 1. The number of aromatic nitrogens is 4. The van der Waals surface area contributed by atoms with Gasteiger partial charge in [-0.2, -0.15) is 5.10 Å². The SMILES string of the molecule is O=C(CCc1nc2ccccc2[nH]1)N1CCCO[C@@H](Cn2cccn2)C1. The third kappa shape index (κ3) is 3.94. The molecule has 26 heavy (non-hydrogen) atoms. The van der Waals surface area contributed by atoms with E-state index in [1.54, 1.807) is 6.20 Å². The number of aromatic amines is 1. The van der Waals surface area contributed by atoms with Crippen LogP contribution in [0.3, 0.4) is 0 Å². The van der Waals surface area contributed by atoms with Gasteiger partial charge in [0, 0.05) is 44.9 Å². The highest BCUT2D eigenvalue weighted by Crippen LogP contribution is 2.13. The van der Waals surface area contributed by atoms with E-state index in [2.05, 4.69) is 15.1 Å². The molecule has 1 aromatic carbocycles. The number of ether oxygens (including phenoxy) is 1. The van der Waals surface area contributed by atoms with Gasteiger partial charge in [0.2, 0.25) is 5.91 Å². The molecular weight excluding hydrogens is 330 g/mol. The Bertz CT molecular complexity index is 825. The molecule has 0 aliphatic carbocycles. The number of imidazole rings is 1. The molecule has 0 radical (unpaired) electrons. The van der Waals surface area contributed by atoms with Crippen LogP contribution in [0.15, 0.2) is 42.7 Å². The summed E-state index contributed by atoms with van der Waals surface area (Å²) >= 11 is 0. The van der Waals surface area contributed by atoms with Crippen molar-refractivity contribution in [2.45, 2.75) is 31.9 Å². The Kier molecular flexibility index (Phi) is 4.97. The fourth-order valence-corrected chi connectivity index (χ4v) is 3.36. The predicted octanol–water partition coefficient (Wildman–Crippen LogP) is 2.01. The van der Waals surface area contributed by atoms with Gasteiger partial charge in [-0.1, -0.05) is 12.1 Å².